The fourth-order valence-corrected chi connectivity index (χ4v) is 8.13. The Balaban J connectivity index is 0.909. The number of halogens is 1. The molecule has 5 amide bonds. The molecular formula is C38H36ClN7O8S. The van der Waals surface area contributed by atoms with Gasteiger partial charge in [-0.25, -0.2) is 0 Å². The van der Waals surface area contributed by atoms with E-state index >= 15 is 0 Å². The molecule has 284 valence electrons. The Morgan fingerprint density at radius 2 is 1.78 bits per heavy atom. The molecule has 2 aromatic heterocycles. The predicted molar refractivity (Wildman–Crippen MR) is 200 cm³/mol. The van der Waals surface area contributed by atoms with Crippen molar-refractivity contribution in [3.05, 3.63) is 91.8 Å². The van der Waals surface area contributed by atoms with Crippen LogP contribution in [0.2, 0.25) is 5.02 Å². The highest BCUT2D eigenvalue weighted by Gasteiger charge is 2.46. The number of aliphatic imine (C=N–C) groups is 1. The summed E-state index contributed by atoms with van der Waals surface area (Å²) in [6.07, 6.45) is 0.901. The van der Waals surface area contributed by atoms with Crippen LogP contribution in [-0.4, -0.2) is 86.7 Å². The van der Waals surface area contributed by atoms with Crippen LogP contribution in [0.3, 0.4) is 0 Å². The second-order valence-electron chi connectivity index (χ2n) is 13.3. The van der Waals surface area contributed by atoms with Gasteiger partial charge in [0, 0.05) is 34.0 Å². The van der Waals surface area contributed by atoms with Crippen molar-refractivity contribution in [1.29, 1.82) is 0 Å². The fourth-order valence-electron chi connectivity index (χ4n) is 6.79. The normalized spacial score (nSPS) is 17.5. The van der Waals surface area contributed by atoms with Crippen LogP contribution >= 0.6 is 22.9 Å². The second kappa shape index (κ2) is 15.5. The van der Waals surface area contributed by atoms with Crippen LogP contribution < -0.4 is 15.4 Å². The van der Waals surface area contributed by atoms with Gasteiger partial charge in [0.25, 0.3) is 17.7 Å². The number of amides is 5. The lowest BCUT2D eigenvalue weighted by atomic mass is 9.99. The molecular weight excluding hydrogens is 750 g/mol. The summed E-state index contributed by atoms with van der Waals surface area (Å²) in [6.45, 7) is 5.90. The van der Waals surface area contributed by atoms with Crippen molar-refractivity contribution in [2.24, 2.45) is 4.99 Å². The second-order valence-corrected chi connectivity index (χ2v) is 14.9. The van der Waals surface area contributed by atoms with Gasteiger partial charge >= 0.3 is 5.97 Å². The van der Waals surface area contributed by atoms with E-state index in [-0.39, 0.29) is 49.3 Å². The van der Waals surface area contributed by atoms with Gasteiger partial charge in [-0.2, -0.15) is 0 Å². The summed E-state index contributed by atoms with van der Waals surface area (Å²) in [5, 5.41) is 15.1. The van der Waals surface area contributed by atoms with E-state index in [9.17, 15) is 28.8 Å². The van der Waals surface area contributed by atoms with Gasteiger partial charge in [-0.1, -0.05) is 29.8 Å². The maximum atomic E-state index is 13.3. The van der Waals surface area contributed by atoms with Crippen molar-refractivity contribution in [2.45, 2.75) is 65.0 Å². The number of rotatable bonds is 12. The number of carbonyl (C=O) groups excluding carboxylic acids is 6. The summed E-state index contributed by atoms with van der Waals surface area (Å²) in [5.41, 5.74) is 3.72. The van der Waals surface area contributed by atoms with Gasteiger partial charge in [0.05, 0.1) is 29.9 Å². The lowest BCUT2D eigenvalue weighted by Crippen LogP contribution is -2.54. The van der Waals surface area contributed by atoms with Gasteiger partial charge in [-0.15, -0.1) is 21.5 Å². The molecule has 0 bridgehead atoms. The standard InChI is InChI=1S/C38H36ClN7O8S/c1-19-20(2)55-38-31(19)33(22-9-11-23(39)12-10-22)41-25(34-44-43-21(3)45(34)38)17-30(49)54-18-29(48)40-15-4-5-16-53-27-8-6-7-24-32(27)37(52)46(36(24)51)26-13-14-28(47)42-35(26)50/h6-12,25-26H,4-5,13-18H2,1-3H3,(H,40,48)(H,42,47,50)/t25-,26?/m0/s1. The number of piperidine rings is 1. The number of unbranched alkanes of at least 4 members (excludes halogenated alkanes) is 1. The van der Waals surface area contributed by atoms with Crippen molar-refractivity contribution in [3.63, 3.8) is 0 Å². The van der Waals surface area contributed by atoms with Crippen LogP contribution in [-0.2, 0) is 23.9 Å². The number of nitrogens with zero attached hydrogens (tertiary/aromatic N) is 5. The molecule has 2 atom stereocenters. The molecule has 3 aliphatic heterocycles. The lowest BCUT2D eigenvalue weighted by Gasteiger charge is -2.27. The zero-order chi connectivity index (χ0) is 39.0. The Morgan fingerprint density at radius 1 is 1.00 bits per heavy atom. The molecule has 15 nitrogen and oxygen atoms in total. The highest BCUT2D eigenvalue weighted by Crippen LogP contribution is 2.40. The molecule has 0 saturated carbocycles. The number of benzene rings is 2. The molecule has 2 aromatic carbocycles. The summed E-state index contributed by atoms with van der Waals surface area (Å²) >= 11 is 7.79. The Hall–Kier alpha value is -5.74. The first kappa shape index (κ1) is 37.6. The molecule has 4 aromatic rings. The molecule has 3 aliphatic rings. The van der Waals surface area contributed by atoms with E-state index in [1.807, 2.05) is 37.5 Å². The SMILES string of the molecule is Cc1sc2c(c1C)C(c1ccc(Cl)cc1)=N[C@@H](CC(=O)OCC(=O)NCCCCOc1cccc3c1C(=O)N(C1CCC(=O)NC1=O)C3=O)c1nnc(C)n1-2. The highest BCUT2D eigenvalue weighted by atomic mass is 35.5. The molecule has 0 spiro atoms. The first-order valence-electron chi connectivity index (χ1n) is 17.7. The summed E-state index contributed by atoms with van der Waals surface area (Å²) in [4.78, 5) is 83.0. The van der Waals surface area contributed by atoms with E-state index in [1.165, 1.54) is 6.07 Å². The van der Waals surface area contributed by atoms with Crippen LogP contribution in [0, 0.1) is 20.8 Å². The van der Waals surface area contributed by atoms with Gasteiger partial charge in [-0.3, -0.25) is 48.5 Å². The number of fused-ring (bicyclic) bond motifs is 4. The van der Waals surface area contributed by atoms with E-state index < -0.39 is 54.2 Å². The molecule has 5 heterocycles. The number of esters is 1. The van der Waals surface area contributed by atoms with Crippen LogP contribution in [0.15, 0.2) is 47.5 Å². The molecule has 0 aliphatic carbocycles. The van der Waals surface area contributed by atoms with E-state index in [1.54, 1.807) is 35.6 Å². The first-order chi connectivity index (χ1) is 26.4. The van der Waals surface area contributed by atoms with E-state index in [0.29, 0.717) is 35.2 Å². The minimum atomic E-state index is -1.08. The Labute approximate surface area is 324 Å². The van der Waals surface area contributed by atoms with Crippen molar-refractivity contribution in [3.8, 4) is 10.8 Å². The lowest BCUT2D eigenvalue weighted by molar-refractivity contribution is -0.149. The predicted octanol–water partition coefficient (Wildman–Crippen LogP) is 4.11. The number of imide groups is 2. The number of aromatic nitrogens is 3. The Morgan fingerprint density at radius 3 is 2.55 bits per heavy atom. The van der Waals surface area contributed by atoms with Crippen LogP contribution in [0.1, 0.15) is 92.1 Å². The molecule has 7 rings (SSSR count). The summed E-state index contributed by atoms with van der Waals surface area (Å²) in [6, 6.07) is 10.2. The minimum Gasteiger partial charge on any atom is -0.493 e. The number of nitrogens with one attached hydrogen (secondary N) is 2. The van der Waals surface area contributed by atoms with Crippen LogP contribution in [0.5, 0.6) is 5.75 Å². The quantitative estimate of drug-likeness (QED) is 0.120. The molecule has 0 radical (unpaired) electrons. The topological polar surface area (TPSA) is 191 Å². The van der Waals surface area contributed by atoms with Crippen molar-refractivity contribution in [1.82, 2.24) is 30.3 Å². The number of hydrogen-bond acceptors (Lipinski definition) is 12. The smallest absolute Gasteiger partial charge is 0.308 e. The highest BCUT2D eigenvalue weighted by molar-refractivity contribution is 7.15. The monoisotopic (exact) mass is 785 g/mol. The summed E-state index contributed by atoms with van der Waals surface area (Å²) in [7, 11) is 0. The van der Waals surface area contributed by atoms with Gasteiger partial charge in [0.15, 0.2) is 12.4 Å². The molecule has 1 unspecified atom stereocenters. The third kappa shape index (κ3) is 7.38. The molecule has 17 heteroatoms. The van der Waals surface area contributed by atoms with Gasteiger partial charge < -0.3 is 14.8 Å². The van der Waals surface area contributed by atoms with Crippen LogP contribution in [0.25, 0.3) is 5.00 Å². The molecule has 1 fully saturated rings. The average Bonchev–Trinajstić information content (AvgIpc) is 3.73. The Bertz CT molecular complexity index is 2280. The zero-order valence-corrected chi connectivity index (χ0v) is 31.7. The molecule has 55 heavy (non-hydrogen) atoms. The van der Waals surface area contributed by atoms with E-state index in [2.05, 4.69) is 20.8 Å². The fraction of sp³-hybridized carbons (Fsp3) is 0.342. The van der Waals surface area contributed by atoms with E-state index in [0.717, 1.165) is 31.5 Å². The van der Waals surface area contributed by atoms with Crippen molar-refractivity contribution < 1.29 is 38.2 Å². The average molecular weight is 786 g/mol. The van der Waals surface area contributed by atoms with E-state index in [4.69, 9.17) is 26.1 Å². The van der Waals surface area contributed by atoms with Gasteiger partial charge in [0.1, 0.15) is 28.7 Å². The van der Waals surface area contributed by atoms with Crippen molar-refractivity contribution in [2.75, 3.05) is 19.8 Å². The zero-order valence-electron chi connectivity index (χ0n) is 30.1. The van der Waals surface area contributed by atoms with Gasteiger partial charge in [-0.05, 0) is 69.9 Å². The number of hydrogen-bond donors (Lipinski definition) is 2. The van der Waals surface area contributed by atoms with Gasteiger partial charge in [0.2, 0.25) is 11.8 Å². The number of aryl methyl sites for hydroxylation is 2. The Kier molecular flexibility index (Phi) is 10.6. The van der Waals surface area contributed by atoms with Crippen molar-refractivity contribution >= 4 is 64.2 Å². The maximum absolute atomic E-state index is 13.3. The third-order valence-electron chi connectivity index (χ3n) is 9.66. The number of thiophene rings is 1. The maximum Gasteiger partial charge on any atom is 0.308 e. The summed E-state index contributed by atoms with van der Waals surface area (Å²) < 4.78 is 13.1. The largest absolute Gasteiger partial charge is 0.493 e. The third-order valence-corrected chi connectivity index (χ3v) is 11.1. The minimum absolute atomic E-state index is 0.0231. The van der Waals surface area contributed by atoms with Crippen LogP contribution in [0.4, 0.5) is 0 Å². The molecule has 1 saturated heterocycles. The first-order valence-corrected chi connectivity index (χ1v) is 18.9. The number of carbonyl (C=O) groups is 6. The summed E-state index contributed by atoms with van der Waals surface area (Å²) in [5.74, 6) is -2.17. The number of ether oxygens (including phenoxy) is 2. The molecule has 2 N–H and O–H groups in total.